The Morgan fingerprint density at radius 2 is 1.96 bits per heavy atom. The lowest BCUT2D eigenvalue weighted by atomic mass is 10.1. The van der Waals surface area contributed by atoms with Crippen molar-refractivity contribution in [2.45, 2.75) is 32.0 Å². The molecule has 0 unspecified atom stereocenters. The van der Waals surface area contributed by atoms with Crippen LogP contribution in [0.15, 0.2) is 30.5 Å². The summed E-state index contributed by atoms with van der Waals surface area (Å²) < 4.78 is 37.6. The van der Waals surface area contributed by atoms with E-state index < -0.39 is 11.1 Å². The maximum absolute atomic E-state index is 12.5. The zero-order chi connectivity index (χ0) is 17.2. The number of hydrogen-bond acceptors (Lipinski definition) is 4. The molecule has 128 valence electrons. The van der Waals surface area contributed by atoms with E-state index in [-0.39, 0.29) is 11.0 Å². The van der Waals surface area contributed by atoms with Crippen LogP contribution in [-0.4, -0.2) is 17.4 Å². The Morgan fingerprint density at radius 1 is 1.21 bits per heavy atom. The minimum atomic E-state index is -4.36. The quantitative estimate of drug-likeness (QED) is 0.890. The van der Waals surface area contributed by atoms with Gasteiger partial charge in [-0.1, -0.05) is 23.5 Å². The molecule has 1 aliphatic rings. The van der Waals surface area contributed by atoms with Gasteiger partial charge in [-0.3, -0.25) is 4.79 Å². The van der Waals surface area contributed by atoms with Crippen LogP contribution < -0.4 is 10.2 Å². The third-order valence-corrected chi connectivity index (χ3v) is 4.80. The number of alkyl halides is 3. The number of rotatable bonds is 4. The van der Waals surface area contributed by atoms with E-state index in [1.54, 1.807) is 4.90 Å². The van der Waals surface area contributed by atoms with Gasteiger partial charge < -0.3 is 10.2 Å². The van der Waals surface area contributed by atoms with Gasteiger partial charge in [-0.05, 0) is 30.5 Å². The van der Waals surface area contributed by atoms with Gasteiger partial charge in [0.15, 0.2) is 5.13 Å². The first-order chi connectivity index (χ1) is 11.4. The van der Waals surface area contributed by atoms with Crippen molar-refractivity contribution in [2.75, 3.05) is 16.8 Å². The lowest BCUT2D eigenvalue weighted by Gasteiger charge is -2.26. The van der Waals surface area contributed by atoms with Crippen LogP contribution in [0.3, 0.4) is 0 Å². The van der Waals surface area contributed by atoms with Crippen molar-refractivity contribution < 1.29 is 18.0 Å². The maximum Gasteiger partial charge on any atom is 0.427 e. The second-order valence-electron chi connectivity index (χ2n) is 5.55. The predicted molar refractivity (Wildman–Crippen MR) is 87.1 cm³/mol. The molecule has 4 nitrogen and oxygen atoms in total. The molecular weight excluding hydrogens is 339 g/mol. The van der Waals surface area contributed by atoms with E-state index in [9.17, 15) is 18.0 Å². The van der Waals surface area contributed by atoms with E-state index in [1.807, 2.05) is 24.3 Å². The Morgan fingerprint density at radius 3 is 2.58 bits per heavy atom. The lowest BCUT2D eigenvalue weighted by Crippen LogP contribution is -2.35. The van der Waals surface area contributed by atoms with E-state index in [0.29, 0.717) is 24.3 Å². The largest absolute Gasteiger partial charge is 0.427 e. The fourth-order valence-corrected chi connectivity index (χ4v) is 3.22. The first kappa shape index (κ1) is 16.8. The van der Waals surface area contributed by atoms with E-state index >= 15 is 0 Å². The molecule has 1 aromatic carbocycles. The number of carbonyl (C=O) groups is 1. The molecule has 3 rings (SSSR count). The Labute approximate surface area is 141 Å². The standard InChI is InChI=1S/C16H16F3N3OS/c17-16(18,19)13-10-21-15(24-13)20-9-11-4-6-12(7-5-11)22-8-2-1-3-14(22)23/h4-7,10H,1-3,8-9H2,(H,20,21). The molecule has 0 bridgehead atoms. The molecule has 1 saturated heterocycles. The van der Waals surface area contributed by atoms with Gasteiger partial charge in [0.25, 0.3) is 0 Å². The van der Waals surface area contributed by atoms with Gasteiger partial charge in [0.1, 0.15) is 4.88 Å². The number of halogens is 3. The number of thiazole rings is 1. The molecule has 0 radical (unpaired) electrons. The fraction of sp³-hybridized carbons (Fsp3) is 0.375. The maximum atomic E-state index is 12.5. The predicted octanol–water partition coefficient (Wildman–Crippen LogP) is 4.29. The average molecular weight is 355 g/mol. The summed E-state index contributed by atoms with van der Waals surface area (Å²) in [5, 5.41) is 3.12. The SMILES string of the molecule is O=C1CCCCN1c1ccc(CNc2ncc(C(F)(F)F)s2)cc1. The number of piperidine rings is 1. The summed E-state index contributed by atoms with van der Waals surface area (Å²) in [5.41, 5.74) is 1.77. The third kappa shape index (κ3) is 3.87. The molecule has 1 N–H and O–H groups in total. The summed E-state index contributed by atoms with van der Waals surface area (Å²) in [6.07, 6.45) is -1.01. The monoisotopic (exact) mass is 355 g/mol. The highest BCUT2D eigenvalue weighted by Gasteiger charge is 2.33. The van der Waals surface area contributed by atoms with Crippen LogP contribution in [0.25, 0.3) is 0 Å². The zero-order valence-electron chi connectivity index (χ0n) is 12.8. The van der Waals surface area contributed by atoms with Gasteiger partial charge in [0.05, 0.1) is 6.20 Å². The van der Waals surface area contributed by atoms with Crippen molar-refractivity contribution in [1.29, 1.82) is 0 Å². The Kier molecular flexibility index (Phi) is 4.75. The molecule has 0 atom stereocenters. The lowest BCUT2D eigenvalue weighted by molar-refractivity contribution is -0.134. The highest BCUT2D eigenvalue weighted by atomic mass is 32.1. The highest BCUT2D eigenvalue weighted by Crippen LogP contribution is 2.35. The number of aromatic nitrogens is 1. The van der Waals surface area contributed by atoms with Gasteiger partial charge in [0, 0.05) is 25.2 Å². The van der Waals surface area contributed by atoms with Crippen LogP contribution in [0.5, 0.6) is 0 Å². The summed E-state index contributed by atoms with van der Waals surface area (Å²) >= 11 is 0.585. The molecule has 8 heteroatoms. The average Bonchev–Trinajstić information content (AvgIpc) is 3.03. The van der Waals surface area contributed by atoms with Crippen molar-refractivity contribution in [1.82, 2.24) is 4.98 Å². The van der Waals surface area contributed by atoms with Gasteiger partial charge in [-0.25, -0.2) is 4.98 Å². The number of amides is 1. The number of anilines is 2. The number of hydrogen-bond donors (Lipinski definition) is 1. The molecule has 0 spiro atoms. The van der Waals surface area contributed by atoms with E-state index in [2.05, 4.69) is 10.3 Å². The van der Waals surface area contributed by atoms with Crippen LogP contribution in [0.4, 0.5) is 24.0 Å². The van der Waals surface area contributed by atoms with Gasteiger partial charge in [-0.2, -0.15) is 13.2 Å². The van der Waals surface area contributed by atoms with E-state index in [1.165, 1.54) is 0 Å². The molecule has 0 saturated carbocycles. The van der Waals surface area contributed by atoms with Crippen LogP contribution >= 0.6 is 11.3 Å². The summed E-state index contributed by atoms with van der Waals surface area (Å²) in [7, 11) is 0. The summed E-state index contributed by atoms with van der Waals surface area (Å²) in [6, 6.07) is 7.46. The van der Waals surface area contributed by atoms with Crippen molar-refractivity contribution in [3.8, 4) is 0 Å². The molecule has 1 aromatic heterocycles. The fourth-order valence-electron chi connectivity index (χ4n) is 2.54. The van der Waals surface area contributed by atoms with Gasteiger partial charge in [0.2, 0.25) is 5.91 Å². The number of benzene rings is 1. The number of carbonyl (C=O) groups excluding carboxylic acids is 1. The van der Waals surface area contributed by atoms with Crippen LogP contribution in [0.2, 0.25) is 0 Å². The smallest absolute Gasteiger partial charge is 0.357 e. The van der Waals surface area contributed by atoms with Gasteiger partial charge >= 0.3 is 6.18 Å². The third-order valence-electron chi connectivity index (χ3n) is 3.80. The second kappa shape index (κ2) is 6.80. The van der Waals surface area contributed by atoms with Gasteiger partial charge in [-0.15, -0.1) is 0 Å². The van der Waals surface area contributed by atoms with E-state index in [4.69, 9.17) is 0 Å². The zero-order valence-corrected chi connectivity index (χ0v) is 13.6. The number of nitrogens with zero attached hydrogens (tertiary/aromatic N) is 2. The van der Waals surface area contributed by atoms with E-state index in [0.717, 1.165) is 36.8 Å². The minimum absolute atomic E-state index is 0.134. The van der Waals surface area contributed by atoms with Crippen molar-refractivity contribution in [3.05, 3.63) is 40.9 Å². The molecule has 24 heavy (non-hydrogen) atoms. The molecule has 1 amide bonds. The van der Waals surface area contributed by atoms with Crippen LogP contribution in [-0.2, 0) is 17.5 Å². The Hall–Kier alpha value is -2.09. The Balaban J connectivity index is 1.60. The summed E-state index contributed by atoms with van der Waals surface area (Å²) in [6.45, 7) is 1.11. The first-order valence-electron chi connectivity index (χ1n) is 7.60. The summed E-state index contributed by atoms with van der Waals surface area (Å²) in [4.78, 5) is 16.7. The Bertz CT molecular complexity index is 712. The normalized spacial score (nSPS) is 15.6. The van der Waals surface area contributed by atoms with Crippen LogP contribution in [0.1, 0.15) is 29.7 Å². The molecule has 2 aromatic rings. The summed E-state index contributed by atoms with van der Waals surface area (Å²) in [5.74, 6) is 0.134. The molecule has 1 aliphatic heterocycles. The van der Waals surface area contributed by atoms with Crippen molar-refractivity contribution in [2.24, 2.45) is 0 Å². The first-order valence-corrected chi connectivity index (χ1v) is 8.41. The second-order valence-corrected chi connectivity index (χ2v) is 6.58. The number of nitrogens with one attached hydrogen (secondary N) is 1. The molecule has 2 heterocycles. The minimum Gasteiger partial charge on any atom is -0.357 e. The molecule has 1 fully saturated rings. The van der Waals surface area contributed by atoms with Crippen LogP contribution in [0, 0.1) is 0 Å². The molecule has 0 aliphatic carbocycles. The molecular formula is C16H16F3N3OS. The topological polar surface area (TPSA) is 45.2 Å². The highest BCUT2D eigenvalue weighted by molar-refractivity contribution is 7.15. The van der Waals surface area contributed by atoms with Crippen molar-refractivity contribution >= 4 is 28.1 Å². The van der Waals surface area contributed by atoms with Crippen molar-refractivity contribution in [3.63, 3.8) is 0 Å².